The predicted molar refractivity (Wildman–Crippen MR) is 64.6 cm³/mol. The molecule has 1 N–H and O–H groups in total. The molecule has 1 saturated carbocycles. The van der Waals surface area contributed by atoms with E-state index in [9.17, 15) is 0 Å². The van der Waals surface area contributed by atoms with E-state index in [1.807, 2.05) is 13.0 Å². The molecule has 1 aliphatic rings. The van der Waals surface area contributed by atoms with Gasteiger partial charge in [0.25, 0.3) is 0 Å². The second-order valence-electron chi connectivity index (χ2n) is 4.77. The van der Waals surface area contributed by atoms with Gasteiger partial charge in [0.15, 0.2) is 5.82 Å². The number of rotatable bonds is 2. The molecular weight excluding hydrogens is 214 g/mol. The van der Waals surface area contributed by atoms with Crippen molar-refractivity contribution in [2.75, 3.05) is 0 Å². The van der Waals surface area contributed by atoms with Gasteiger partial charge in [-0.2, -0.15) is 5.10 Å². The lowest BCUT2D eigenvalue weighted by atomic mass is 9.89. The highest BCUT2D eigenvalue weighted by atomic mass is 16.3. The first-order valence-corrected chi connectivity index (χ1v) is 6.31. The minimum absolute atomic E-state index is 0.567. The van der Waals surface area contributed by atoms with E-state index in [0.29, 0.717) is 5.92 Å². The normalized spacial score (nSPS) is 17.5. The minimum atomic E-state index is 0.567. The van der Waals surface area contributed by atoms with Gasteiger partial charge in [0.2, 0.25) is 0 Å². The summed E-state index contributed by atoms with van der Waals surface area (Å²) < 4.78 is 5.28. The fourth-order valence-corrected chi connectivity index (χ4v) is 2.57. The third-order valence-electron chi connectivity index (χ3n) is 3.59. The van der Waals surface area contributed by atoms with Gasteiger partial charge in [-0.15, -0.1) is 0 Å². The largest absolute Gasteiger partial charge is 0.469 e. The first-order valence-electron chi connectivity index (χ1n) is 6.31. The molecule has 2 aromatic heterocycles. The van der Waals surface area contributed by atoms with Crippen LogP contribution in [0.2, 0.25) is 0 Å². The molecule has 0 saturated heterocycles. The van der Waals surface area contributed by atoms with Crippen LogP contribution in [0.1, 0.15) is 49.6 Å². The Morgan fingerprint density at radius 3 is 2.82 bits per heavy atom. The Morgan fingerprint density at radius 1 is 1.29 bits per heavy atom. The van der Waals surface area contributed by atoms with E-state index in [2.05, 4.69) is 15.2 Å². The third kappa shape index (κ3) is 1.99. The Labute approximate surface area is 100 Å². The number of hydrogen-bond acceptors (Lipinski definition) is 3. The van der Waals surface area contributed by atoms with Gasteiger partial charge >= 0.3 is 0 Å². The number of nitrogens with zero attached hydrogens (tertiary/aromatic N) is 2. The minimum Gasteiger partial charge on any atom is -0.469 e. The molecule has 0 atom stereocenters. The van der Waals surface area contributed by atoms with E-state index in [1.54, 1.807) is 6.26 Å². The van der Waals surface area contributed by atoms with Crippen molar-refractivity contribution >= 4 is 0 Å². The molecule has 0 aromatic carbocycles. The maximum absolute atomic E-state index is 5.28. The van der Waals surface area contributed by atoms with Crippen molar-refractivity contribution in [3.8, 4) is 11.4 Å². The van der Waals surface area contributed by atoms with Crippen LogP contribution in [0.15, 0.2) is 16.7 Å². The summed E-state index contributed by atoms with van der Waals surface area (Å²) in [5.41, 5.74) is 0.989. The van der Waals surface area contributed by atoms with E-state index < -0.39 is 0 Å². The van der Waals surface area contributed by atoms with Crippen LogP contribution in [0.3, 0.4) is 0 Å². The van der Waals surface area contributed by atoms with E-state index >= 15 is 0 Å². The molecule has 0 amide bonds. The van der Waals surface area contributed by atoms with Gasteiger partial charge in [-0.3, -0.25) is 5.10 Å². The zero-order valence-electron chi connectivity index (χ0n) is 10.1. The predicted octanol–water partition coefficient (Wildman–Crippen LogP) is 3.42. The summed E-state index contributed by atoms with van der Waals surface area (Å²) in [5, 5.41) is 7.39. The van der Waals surface area contributed by atoms with E-state index in [1.165, 1.54) is 32.1 Å². The number of aromatic amines is 1. The highest BCUT2D eigenvalue weighted by Gasteiger charge is 2.20. The van der Waals surface area contributed by atoms with Crippen LogP contribution in [0.25, 0.3) is 11.4 Å². The number of aromatic nitrogens is 3. The second-order valence-corrected chi connectivity index (χ2v) is 4.77. The summed E-state index contributed by atoms with van der Waals surface area (Å²) in [6.45, 7) is 1.94. The monoisotopic (exact) mass is 231 g/mol. The highest BCUT2D eigenvalue weighted by molar-refractivity contribution is 5.56. The Bertz CT molecular complexity index is 494. The van der Waals surface area contributed by atoms with Crippen LogP contribution in [-0.4, -0.2) is 15.2 Å². The zero-order chi connectivity index (χ0) is 11.7. The van der Waals surface area contributed by atoms with E-state index in [-0.39, 0.29) is 0 Å². The number of furan rings is 1. The number of nitrogens with one attached hydrogen (secondary N) is 1. The van der Waals surface area contributed by atoms with Gasteiger partial charge < -0.3 is 4.42 Å². The smallest absolute Gasteiger partial charge is 0.184 e. The summed E-state index contributed by atoms with van der Waals surface area (Å²) in [7, 11) is 0. The second kappa shape index (κ2) is 4.35. The van der Waals surface area contributed by atoms with Gasteiger partial charge in [0, 0.05) is 5.92 Å². The quantitative estimate of drug-likeness (QED) is 0.861. The average Bonchev–Trinajstić information content (AvgIpc) is 2.98. The molecule has 0 unspecified atom stereocenters. The Kier molecular flexibility index (Phi) is 2.71. The molecule has 0 bridgehead atoms. The molecule has 1 aliphatic carbocycles. The maximum Gasteiger partial charge on any atom is 0.184 e. The molecule has 4 heteroatoms. The molecule has 2 heterocycles. The number of H-pyrrole nitrogens is 1. The lowest BCUT2D eigenvalue weighted by Gasteiger charge is -2.18. The molecular formula is C13H17N3O. The molecule has 90 valence electrons. The first-order chi connectivity index (χ1) is 8.34. The Morgan fingerprint density at radius 2 is 2.12 bits per heavy atom. The number of hydrogen-bond donors (Lipinski definition) is 1. The van der Waals surface area contributed by atoms with Crippen molar-refractivity contribution in [1.29, 1.82) is 0 Å². The van der Waals surface area contributed by atoms with Crippen LogP contribution in [0.4, 0.5) is 0 Å². The SMILES string of the molecule is Cc1occc1-c1n[nH]c(C2CCCCC2)n1. The highest BCUT2D eigenvalue weighted by Crippen LogP contribution is 2.31. The topological polar surface area (TPSA) is 54.7 Å². The summed E-state index contributed by atoms with van der Waals surface area (Å²) in [4.78, 5) is 4.61. The van der Waals surface area contributed by atoms with E-state index in [0.717, 1.165) is 23.0 Å². The molecule has 0 radical (unpaired) electrons. The molecule has 3 rings (SSSR count). The van der Waals surface area contributed by atoms with Crippen molar-refractivity contribution < 1.29 is 4.42 Å². The molecule has 17 heavy (non-hydrogen) atoms. The van der Waals surface area contributed by atoms with Crippen LogP contribution in [0, 0.1) is 6.92 Å². The van der Waals surface area contributed by atoms with Crippen molar-refractivity contribution in [3.63, 3.8) is 0 Å². The Hall–Kier alpha value is -1.58. The third-order valence-corrected chi connectivity index (χ3v) is 3.59. The summed E-state index contributed by atoms with van der Waals surface area (Å²) >= 11 is 0. The Balaban J connectivity index is 1.85. The van der Waals surface area contributed by atoms with Crippen molar-refractivity contribution in [1.82, 2.24) is 15.2 Å². The summed E-state index contributed by atoms with van der Waals surface area (Å²) in [6.07, 6.45) is 8.13. The van der Waals surface area contributed by atoms with Crippen molar-refractivity contribution in [2.45, 2.75) is 44.9 Å². The average molecular weight is 231 g/mol. The summed E-state index contributed by atoms with van der Waals surface area (Å²) in [6, 6.07) is 1.92. The van der Waals surface area contributed by atoms with Crippen LogP contribution in [0.5, 0.6) is 0 Å². The van der Waals surface area contributed by atoms with E-state index in [4.69, 9.17) is 4.42 Å². The van der Waals surface area contributed by atoms with Crippen LogP contribution < -0.4 is 0 Å². The standard InChI is InChI=1S/C13H17N3O/c1-9-11(7-8-17-9)13-14-12(15-16-13)10-5-3-2-4-6-10/h7-8,10H,2-6H2,1H3,(H,14,15,16). The van der Waals surface area contributed by atoms with Gasteiger partial charge in [0.1, 0.15) is 11.6 Å². The molecule has 2 aromatic rings. The first kappa shape index (κ1) is 10.6. The maximum atomic E-state index is 5.28. The van der Waals surface area contributed by atoms with Crippen LogP contribution in [-0.2, 0) is 0 Å². The van der Waals surface area contributed by atoms with Gasteiger partial charge in [-0.1, -0.05) is 19.3 Å². The van der Waals surface area contributed by atoms with Crippen LogP contribution >= 0.6 is 0 Å². The molecule has 4 nitrogen and oxygen atoms in total. The molecule has 0 aliphatic heterocycles. The van der Waals surface area contributed by atoms with Gasteiger partial charge in [0.05, 0.1) is 11.8 Å². The lowest BCUT2D eigenvalue weighted by molar-refractivity contribution is 0.429. The molecule has 1 fully saturated rings. The number of aryl methyl sites for hydroxylation is 1. The lowest BCUT2D eigenvalue weighted by Crippen LogP contribution is -2.06. The van der Waals surface area contributed by atoms with Gasteiger partial charge in [-0.25, -0.2) is 4.98 Å². The zero-order valence-corrected chi connectivity index (χ0v) is 10.1. The fourth-order valence-electron chi connectivity index (χ4n) is 2.57. The van der Waals surface area contributed by atoms with Gasteiger partial charge in [-0.05, 0) is 25.8 Å². The molecule has 0 spiro atoms. The summed E-state index contributed by atoms with van der Waals surface area (Å²) in [5.74, 6) is 3.24. The fraction of sp³-hybridized carbons (Fsp3) is 0.538. The van der Waals surface area contributed by atoms with Crippen molar-refractivity contribution in [2.24, 2.45) is 0 Å². The van der Waals surface area contributed by atoms with Crippen molar-refractivity contribution in [3.05, 3.63) is 23.9 Å².